The van der Waals surface area contributed by atoms with Crippen molar-refractivity contribution in [1.29, 1.82) is 0 Å². The Kier molecular flexibility index (Phi) is 6.41. The minimum absolute atomic E-state index is 0.321. The molecule has 0 spiro atoms. The van der Waals surface area contributed by atoms with Crippen LogP contribution in [0.2, 0.25) is 0 Å². The molecule has 0 aromatic heterocycles. The van der Waals surface area contributed by atoms with Gasteiger partial charge in [-0.1, -0.05) is 68.5 Å². The standard InChI is InChI=1S/C28H30NO3P/c1-19-7-5-6-8-24(19)27(2,3)28(15-13-20-9-11-23(33)12-10-20)16-14-21-17-22(29-30)18-25(31-4)26(21)32-28/h5-12,14,16-18H,13,15,33H2,1-4H3. The van der Waals surface area contributed by atoms with Gasteiger partial charge in [0.15, 0.2) is 11.5 Å². The number of nitrogens with zero attached hydrogens (tertiary/aromatic N) is 1. The van der Waals surface area contributed by atoms with Crippen molar-refractivity contribution in [3.05, 3.63) is 93.9 Å². The Morgan fingerprint density at radius 1 is 1.09 bits per heavy atom. The number of hydrogen-bond acceptors (Lipinski definition) is 4. The van der Waals surface area contributed by atoms with E-state index in [0.29, 0.717) is 17.2 Å². The van der Waals surface area contributed by atoms with Crippen LogP contribution in [0.3, 0.4) is 0 Å². The maximum absolute atomic E-state index is 11.2. The molecule has 1 aliphatic heterocycles. The third-order valence-electron chi connectivity index (χ3n) is 6.85. The fourth-order valence-electron chi connectivity index (χ4n) is 4.79. The molecule has 0 bridgehead atoms. The van der Waals surface area contributed by atoms with Crippen LogP contribution in [0.4, 0.5) is 5.69 Å². The van der Waals surface area contributed by atoms with Crippen LogP contribution in [0.5, 0.6) is 11.5 Å². The van der Waals surface area contributed by atoms with E-state index in [2.05, 4.69) is 89.8 Å². The number of methoxy groups -OCH3 is 1. The predicted octanol–water partition coefficient (Wildman–Crippen LogP) is 6.66. The molecular weight excluding hydrogens is 429 g/mol. The van der Waals surface area contributed by atoms with Crippen LogP contribution in [0.25, 0.3) is 6.08 Å². The van der Waals surface area contributed by atoms with Crippen LogP contribution < -0.4 is 14.8 Å². The highest BCUT2D eigenvalue weighted by atomic mass is 31.0. The second kappa shape index (κ2) is 9.11. The number of rotatable bonds is 7. The van der Waals surface area contributed by atoms with Gasteiger partial charge in [0.1, 0.15) is 11.3 Å². The van der Waals surface area contributed by atoms with Gasteiger partial charge < -0.3 is 9.47 Å². The normalized spacial score (nSPS) is 17.2. The molecule has 0 aliphatic carbocycles. The zero-order valence-corrected chi connectivity index (χ0v) is 20.7. The Morgan fingerprint density at radius 3 is 2.48 bits per heavy atom. The van der Waals surface area contributed by atoms with Gasteiger partial charge in [0.05, 0.1) is 7.11 Å². The zero-order valence-electron chi connectivity index (χ0n) is 19.6. The molecule has 0 saturated carbocycles. The summed E-state index contributed by atoms with van der Waals surface area (Å²) in [4.78, 5) is 11.2. The van der Waals surface area contributed by atoms with Crippen LogP contribution in [0.15, 0.2) is 71.9 Å². The molecule has 3 aromatic rings. The summed E-state index contributed by atoms with van der Waals surface area (Å²) in [6.45, 7) is 6.63. The highest BCUT2D eigenvalue weighted by molar-refractivity contribution is 7.27. The Labute approximate surface area is 198 Å². The SMILES string of the molecule is COc1cc(N=O)cc2c1OC(CCc1ccc(P)cc1)(C(C)(C)c1ccccc1C)C=C2. The molecule has 3 aromatic carbocycles. The summed E-state index contributed by atoms with van der Waals surface area (Å²) in [6.07, 6.45) is 5.83. The van der Waals surface area contributed by atoms with Gasteiger partial charge in [-0.2, -0.15) is 0 Å². The van der Waals surface area contributed by atoms with Crippen molar-refractivity contribution in [3.63, 3.8) is 0 Å². The number of aryl methyl sites for hydroxylation is 2. The molecule has 0 fully saturated rings. The lowest BCUT2D eigenvalue weighted by atomic mass is 9.65. The monoisotopic (exact) mass is 459 g/mol. The van der Waals surface area contributed by atoms with Gasteiger partial charge in [0.2, 0.25) is 0 Å². The summed E-state index contributed by atoms with van der Waals surface area (Å²) >= 11 is 0. The van der Waals surface area contributed by atoms with E-state index in [0.717, 1.165) is 18.4 Å². The van der Waals surface area contributed by atoms with Gasteiger partial charge in [-0.25, -0.2) is 0 Å². The van der Waals surface area contributed by atoms with Crippen LogP contribution in [0, 0.1) is 11.8 Å². The van der Waals surface area contributed by atoms with E-state index in [1.165, 1.54) is 22.0 Å². The largest absolute Gasteiger partial charge is 0.493 e. The van der Waals surface area contributed by atoms with Crippen LogP contribution in [-0.2, 0) is 11.8 Å². The number of fused-ring (bicyclic) bond motifs is 1. The third-order valence-corrected chi connectivity index (χ3v) is 7.24. The fourth-order valence-corrected chi connectivity index (χ4v) is 4.98. The number of ether oxygens (including phenoxy) is 2. The molecular formula is C28H30NO3P. The Balaban J connectivity index is 1.82. The van der Waals surface area contributed by atoms with Crippen molar-refractivity contribution in [2.24, 2.45) is 5.18 Å². The summed E-state index contributed by atoms with van der Waals surface area (Å²) < 4.78 is 12.5. The van der Waals surface area contributed by atoms with Crippen molar-refractivity contribution < 1.29 is 9.47 Å². The molecule has 170 valence electrons. The minimum Gasteiger partial charge on any atom is -0.493 e. The van der Waals surface area contributed by atoms with Crippen molar-refractivity contribution in [2.75, 3.05) is 7.11 Å². The first-order valence-corrected chi connectivity index (χ1v) is 11.7. The first kappa shape index (κ1) is 23.2. The van der Waals surface area contributed by atoms with E-state index < -0.39 is 5.60 Å². The number of hydrogen-bond donors (Lipinski definition) is 0. The molecule has 1 heterocycles. The van der Waals surface area contributed by atoms with Gasteiger partial charge in [-0.15, -0.1) is 14.1 Å². The van der Waals surface area contributed by atoms with Gasteiger partial charge in [0, 0.05) is 17.0 Å². The highest BCUT2D eigenvalue weighted by Gasteiger charge is 2.48. The number of nitroso groups, excluding NO2 is 1. The molecule has 2 atom stereocenters. The quantitative estimate of drug-likeness (QED) is 0.293. The van der Waals surface area contributed by atoms with Crippen molar-refractivity contribution in [3.8, 4) is 11.5 Å². The smallest absolute Gasteiger partial charge is 0.169 e. The molecule has 0 saturated heterocycles. The second-order valence-corrected chi connectivity index (χ2v) is 9.83. The lowest BCUT2D eigenvalue weighted by Crippen LogP contribution is -2.52. The zero-order chi connectivity index (χ0) is 23.6. The summed E-state index contributed by atoms with van der Waals surface area (Å²) in [5.74, 6) is 1.16. The second-order valence-electron chi connectivity index (χ2n) is 9.16. The Morgan fingerprint density at radius 2 is 1.82 bits per heavy atom. The summed E-state index contributed by atoms with van der Waals surface area (Å²) in [5.41, 5.74) is 3.87. The lowest BCUT2D eigenvalue weighted by Gasteiger charge is -2.48. The maximum Gasteiger partial charge on any atom is 0.169 e. The van der Waals surface area contributed by atoms with E-state index in [4.69, 9.17) is 9.47 Å². The molecule has 33 heavy (non-hydrogen) atoms. The first-order chi connectivity index (χ1) is 15.8. The van der Waals surface area contributed by atoms with Crippen LogP contribution in [-0.4, -0.2) is 12.7 Å². The topological polar surface area (TPSA) is 47.9 Å². The van der Waals surface area contributed by atoms with Gasteiger partial charge >= 0.3 is 0 Å². The molecule has 4 rings (SSSR count). The number of benzene rings is 3. The van der Waals surface area contributed by atoms with Gasteiger partial charge in [0.25, 0.3) is 0 Å². The molecule has 2 unspecified atom stereocenters. The summed E-state index contributed by atoms with van der Waals surface area (Å²) in [5, 5.41) is 4.26. The van der Waals surface area contributed by atoms with E-state index in [9.17, 15) is 4.91 Å². The molecule has 1 aliphatic rings. The minimum atomic E-state index is -0.630. The Hall–Kier alpha value is -2.97. The van der Waals surface area contributed by atoms with E-state index in [1.807, 2.05) is 6.08 Å². The molecule has 4 nitrogen and oxygen atoms in total. The van der Waals surface area contributed by atoms with E-state index in [-0.39, 0.29) is 5.41 Å². The average molecular weight is 460 g/mol. The van der Waals surface area contributed by atoms with Crippen molar-refractivity contribution >= 4 is 26.3 Å². The third kappa shape index (κ3) is 4.32. The predicted molar refractivity (Wildman–Crippen MR) is 139 cm³/mol. The van der Waals surface area contributed by atoms with E-state index in [1.54, 1.807) is 19.2 Å². The highest BCUT2D eigenvalue weighted by Crippen LogP contribution is 2.50. The van der Waals surface area contributed by atoms with Crippen LogP contribution in [0.1, 0.15) is 42.5 Å². The van der Waals surface area contributed by atoms with Crippen LogP contribution >= 0.6 is 9.24 Å². The van der Waals surface area contributed by atoms with Crippen molar-refractivity contribution in [2.45, 2.75) is 44.6 Å². The maximum atomic E-state index is 11.2. The molecule has 0 amide bonds. The molecule has 0 radical (unpaired) electrons. The van der Waals surface area contributed by atoms with E-state index >= 15 is 0 Å². The lowest BCUT2D eigenvalue weighted by molar-refractivity contribution is 0.0333. The Bertz CT molecular complexity index is 1200. The van der Waals surface area contributed by atoms with Crippen molar-refractivity contribution in [1.82, 2.24) is 0 Å². The van der Waals surface area contributed by atoms with Gasteiger partial charge in [-0.3, -0.25) is 0 Å². The molecule has 5 heteroatoms. The van der Waals surface area contributed by atoms with Gasteiger partial charge in [-0.05, 0) is 59.1 Å². The fraction of sp³-hybridized carbons (Fsp3) is 0.286. The summed E-state index contributed by atoms with van der Waals surface area (Å²) in [6, 6.07) is 20.4. The summed E-state index contributed by atoms with van der Waals surface area (Å²) in [7, 11) is 4.32. The average Bonchev–Trinajstić information content (AvgIpc) is 2.83. The first-order valence-electron chi connectivity index (χ1n) is 11.1. The molecule has 0 N–H and O–H groups in total.